The molecule has 1 aromatic heterocycles. The van der Waals surface area contributed by atoms with E-state index >= 15 is 0 Å². The second-order valence-corrected chi connectivity index (χ2v) is 3.75. The molecule has 0 radical (unpaired) electrons. The van der Waals surface area contributed by atoms with Crippen molar-refractivity contribution in [2.24, 2.45) is 5.92 Å². The Bertz CT molecular complexity index is 344. The molecule has 0 saturated carbocycles. The third-order valence-corrected chi connectivity index (χ3v) is 1.97. The molecule has 0 unspecified atom stereocenters. The number of rotatable bonds is 5. The van der Waals surface area contributed by atoms with E-state index in [4.69, 9.17) is 10.00 Å². The molecule has 4 nitrogen and oxygen atoms in total. The third-order valence-electron chi connectivity index (χ3n) is 1.97. The highest BCUT2D eigenvalue weighted by Gasteiger charge is 2.04. The zero-order valence-corrected chi connectivity index (χ0v) is 9.10. The number of nitriles is 1. The van der Waals surface area contributed by atoms with Gasteiger partial charge in [0, 0.05) is 0 Å². The van der Waals surface area contributed by atoms with Crippen LogP contribution >= 0.6 is 0 Å². The summed E-state index contributed by atoms with van der Waals surface area (Å²) in [4.78, 5) is 0. The van der Waals surface area contributed by atoms with Gasteiger partial charge in [0.15, 0.2) is 0 Å². The molecule has 0 atom stereocenters. The van der Waals surface area contributed by atoms with E-state index in [2.05, 4.69) is 24.0 Å². The Balaban J connectivity index is 2.41. The molecule has 0 spiro atoms. The van der Waals surface area contributed by atoms with E-state index in [-0.39, 0.29) is 0 Å². The van der Waals surface area contributed by atoms with Gasteiger partial charge in [-0.05, 0) is 24.8 Å². The SMILES string of the molecule is CC(C)CCCOc1nnccc1C#N. The van der Waals surface area contributed by atoms with Crippen molar-refractivity contribution in [1.29, 1.82) is 5.26 Å². The lowest BCUT2D eigenvalue weighted by Gasteiger charge is -2.06. The van der Waals surface area contributed by atoms with Crippen molar-refractivity contribution in [2.45, 2.75) is 26.7 Å². The number of hydrogen-bond acceptors (Lipinski definition) is 4. The van der Waals surface area contributed by atoms with Gasteiger partial charge >= 0.3 is 0 Å². The lowest BCUT2D eigenvalue weighted by atomic mass is 10.1. The molecule has 0 aliphatic rings. The third kappa shape index (κ3) is 3.94. The summed E-state index contributed by atoms with van der Waals surface area (Å²) in [6.07, 6.45) is 3.57. The maximum atomic E-state index is 8.77. The van der Waals surface area contributed by atoms with Gasteiger partial charge in [-0.1, -0.05) is 13.8 Å². The molecule has 80 valence electrons. The molecule has 0 N–H and O–H groups in total. The molecular weight excluding hydrogens is 190 g/mol. The average molecular weight is 205 g/mol. The molecule has 0 aliphatic carbocycles. The molecule has 0 fully saturated rings. The van der Waals surface area contributed by atoms with Crippen LogP contribution in [-0.2, 0) is 0 Å². The van der Waals surface area contributed by atoms with Crippen molar-refractivity contribution in [3.05, 3.63) is 17.8 Å². The van der Waals surface area contributed by atoms with Gasteiger partial charge in [0.1, 0.15) is 11.6 Å². The molecule has 1 rings (SSSR count). The fourth-order valence-electron chi connectivity index (χ4n) is 1.17. The Hall–Kier alpha value is -1.63. The maximum absolute atomic E-state index is 8.77. The number of nitrogens with zero attached hydrogens (tertiary/aromatic N) is 3. The summed E-state index contributed by atoms with van der Waals surface area (Å²) in [5, 5.41) is 16.2. The van der Waals surface area contributed by atoms with Crippen LogP contribution in [0.25, 0.3) is 0 Å². The van der Waals surface area contributed by atoms with E-state index in [1.807, 2.05) is 6.07 Å². The molecule has 1 heterocycles. The zero-order valence-electron chi connectivity index (χ0n) is 9.10. The van der Waals surface area contributed by atoms with Gasteiger partial charge in [0.05, 0.1) is 12.8 Å². The van der Waals surface area contributed by atoms with Crippen molar-refractivity contribution < 1.29 is 4.74 Å². The van der Waals surface area contributed by atoms with Crippen LogP contribution in [0, 0.1) is 17.2 Å². The van der Waals surface area contributed by atoms with E-state index in [0.717, 1.165) is 12.8 Å². The summed E-state index contributed by atoms with van der Waals surface area (Å²) in [6, 6.07) is 3.62. The summed E-state index contributed by atoms with van der Waals surface area (Å²) >= 11 is 0. The van der Waals surface area contributed by atoms with Crippen molar-refractivity contribution in [3.8, 4) is 11.9 Å². The number of ether oxygens (including phenoxy) is 1. The van der Waals surface area contributed by atoms with Crippen LogP contribution in [0.3, 0.4) is 0 Å². The summed E-state index contributed by atoms with van der Waals surface area (Å²) in [5.41, 5.74) is 0.439. The van der Waals surface area contributed by atoms with Crippen LogP contribution in [0.1, 0.15) is 32.3 Å². The zero-order chi connectivity index (χ0) is 11.1. The highest BCUT2D eigenvalue weighted by molar-refractivity contribution is 5.35. The average Bonchev–Trinajstić information content (AvgIpc) is 2.24. The molecule has 15 heavy (non-hydrogen) atoms. The molecule has 4 heteroatoms. The standard InChI is InChI=1S/C11H15N3O/c1-9(2)4-3-7-15-11-10(8-12)5-6-13-14-11/h5-6,9H,3-4,7H2,1-2H3. The van der Waals surface area contributed by atoms with Gasteiger partial charge < -0.3 is 4.74 Å². The van der Waals surface area contributed by atoms with E-state index in [1.165, 1.54) is 6.20 Å². The number of hydrogen-bond donors (Lipinski definition) is 0. The summed E-state index contributed by atoms with van der Waals surface area (Å²) < 4.78 is 5.38. The molecule has 0 saturated heterocycles. The van der Waals surface area contributed by atoms with E-state index in [0.29, 0.717) is 24.0 Å². The van der Waals surface area contributed by atoms with E-state index in [9.17, 15) is 0 Å². The smallest absolute Gasteiger partial charge is 0.251 e. The number of aromatic nitrogens is 2. The molecule has 1 aromatic rings. The van der Waals surface area contributed by atoms with Gasteiger partial charge in [-0.25, -0.2) is 0 Å². The molecule has 0 amide bonds. The second kappa shape index (κ2) is 5.97. The Morgan fingerprint density at radius 3 is 3.00 bits per heavy atom. The first-order valence-corrected chi connectivity index (χ1v) is 5.08. The van der Waals surface area contributed by atoms with Crippen molar-refractivity contribution >= 4 is 0 Å². The van der Waals surface area contributed by atoms with Gasteiger partial charge in [0.25, 0.3) is 5.88 Å². The summed E-state index contributed by atoms with van der Waals surface area (Å²) in [5.74, 6) is 1.01. The van der Waals surface area contributed by atoms with Crippen LogP contribution in [0.2, 0.25) is 0 Å². The van der Waals surface area contributed by atoms with Gasteiger partial charge in [-0.15, -0.1) is 5.10 Å². The quantitative estimate of drug-likeness (QED) is 0.691. The topological polar surface area (TPSA) is 58.8 Å². The molecule has 0 bridgehead atoms. The van der Waals surface area contributed by atoms with Crippen LogP contribution in [0.15, 0.2) is 12.3 Å². The van der Waals surface area contributed by atoms with E-state index < -0.39 is 0 Å². The normalized spacial score (nSPS) is 10.0. The Morgan fingerprint density at radius 1 is 1.53 bits per heavy atom. The van der Waals surface area contributed by atoms with Gasteiger partial charge in [-0.3, -0.25) is 0 Å². The van der Waals surface area contributed by atoms with Crippen molar-refractivity contribution in [1.82, 2.24) is 10.2 Å². The minimum atomic E-state index is 0.337. The highest BCUT2D eigenvalue weighted by Crippen LogP contribution is 2.12. The Labute approximate surface area is 89.9 Å². The summed E-state index contributed by atoms with van der Waals surface area (Å²) in [6.45, 7) is 4.93. The second-order valence-electron chi connectivity index (χ2n) is 3.75. The fraction of sp³-hybridized carbons (Fsp3) is 0.545. The first-order chi connectivity index (χ1) is 7.24. The largest absolute Gasteiger partial charge is 0.476 e. The van der Waals surface area contributed by atoms with Gasteiger partial charge in [-0.2, -0.15) is 10.4 Å². The predicted molar refractivity (Wildman–Crippen MR) is 56.3 cm³/mol. The van der Waals surface area contributed by atoms with Crippen molar-refractivity contribution in [3.63, 3.8) is 0 Å². The monoisotopic (exact) mass is 205 g/mol. The van der Waals surface area contributed by atoms with E-state index in [1.54, 1.807) is 6.07 Å². The predicted octanol–water partition coefficient (Wildman–Crippen LogP) is 2.16. The molecule has 0 aromatic carbocycles. The highest BCUT2D eigenvalue weighted by atomic mass is 16.5. The van der Waals surface area contributed by atoms with Gasteiger partial charge in [0.2, 0.25) is 0 Å². The Kier molecular flexibility index (Phi) is 4.55. The van der Waals surface area contributed by atoms with Crippen LogP contribution < -0.4 is 4.74 Å². The Morgan fingerprint density at radius 2 is 2.33 bits per heavy atom. The first kappa shape index (κ1) is 11.4. The van der Waals surface area contributed by atoms with Crippen LogP contribution in [-0.4, -0.2) is 16.8 Å². The first-order valence-electron chi connectivity index (χ1n) is 5.08. The molecule has 0 aliphatic heterocycles. The minimum Gasteiger partial charge on any atom is -0.476 e. The van der Waals surface area contributed by atoms with Crippen LogP contribution in [0.5, 0.6) is 5.88 Å². The summed E-state index contributed by atoms with van der Waals surface area (Å²) in [7, 11) is 0. The lowest BCUT2D eigenvalue weighted by Crippen LogP contribution is -2.03. The minimum absolute atomic E-state index is 0.337. The lowest BCUT2D eigenvalue weighted by molar-refractivity contribution is 0.283. The van der Waals surface area contributed by atoms with Crippen molar-refractivity contribution in [2.75, 3.05) is 6.61 Å². The maximum Gasteiger partial charge on any atom is 0.251 e. The molecular formula is C11H15N3O. The fourth-order valence-corrected chi connectivity index (χ4v) is 1.17. The van der Waals surface area contributed by atoms with Crippen LogP contribution in [0.4, 0.5) is 0 Å².